The van der Waals surface area contributed by atoms with Gasteiger partial charge in [-0.3, -0.25) is 9.79 Å². The summed E-state index contributed by atoms with van der Waals surface area (Å²) in [5.74, 6) is -0.914. The highest BCUT2D eigenvalue weighted by atomic mass is 16.5. The molecule has 0 saturated carbocycles. The number of hydrogen-bond acceptors (Lipinski definition) is 8. The van der Waals surface area contributed by atoms with Gasteiger partial charge in [-0.15, -0.1) is 0 Å². The number of carbonyl (C=O) groups is 3. The van der Waals surface area contributed by atoms with E-state index in [4.69, 9.17) is 9.47 Å². The average Bonchev–Trinajstić information content (AvgIpc) is 3.59. The van der Waals surface area contributed by atoms with Gasteiger partial charge in [0.2, 0.25) is 0 Å². The molecule has 5 rings (SSSR count). The van der Waals surface area contributed by atoms with Crippen LogP contribution in [0.1, 0.15) is 50.7 Å². The molecular formula is C30H27N3O7. The molecule has 0 fully saturated rings. The summed E-state index contributed by atoms with van der Waals surface area (Å²) in [5.41, 5.74) is 3.45. The zero-order valence-electron chi connectivity index (χ0n) is 21.8. The van der Waals surface area contributed by atoms with E-state index < -0.39 is 11.9 Å². The maximum absolute atomic E-state index is 11.8. The predicted molar refractivity (Wildman–Crippen MR) is 151 cm³/mol. The molecule has 0 atom stereocenters. The fourth-order valence-electron chi connectivity index (χ4n) is 3.98. The van der Waals surface area contributed by atoms with Gasteiger partial charge < -0.3 is 29.7 Å². The van der Waals surface area contributed by atoms with Gasteiger partial charge in [-0.25, -0.2) is 9.59 Å². The molecule has 0 bridgehead atoms. The lowest BCUT2D eigenvalue weighted by Gasteiger charge is -2.00. The number of fused-ring (bicyclic) bond motifs is 2. The maximum Gasteiger partial charge on any atom is 0.354 e. The van der Waals surface area contributed by atoms with Crippen molar-refractivity contribution >= 4 is 51.9 Å². The predicted octanol–water partition coefficient (Wildman–Crippen LogP) is 5.66. The van der Waals surface area contributed by atoms with E-state index >= 15 is 0 Å². The van der Waals surface area contributed by atoms with Crippen LogP contribution in [0.25, 0.3) is 21.8 Å². The van der Waals surface area contributed by atoms with Crippen molar-refractivity contribution in [3.8, 4) is 11.5 Å². The van der Waals surface area contributed by atoms with Gasteiger partial charge in [0.25, 0.3) is 0 Å². The lowest BCUT2D eigenvalue weighted by Crippen LogP contribution is -2.04. The Morgan fingerprint density at radius 2 is 1.27 bits per heavy atom. The molecule has 0 saturated heterocycles. The van der Waals surface area contributed by atoms with E-state index in [1.54, 1.807) is 44.3 Å². The Labute approximate surface area is 228 Å². The number of nitrogens with one attached hydrogen (secondary N) is 2. The van der Waals surface area contributed by atoms with Gasteiger partial charge >= 0.3 is 11.9 Å². The third-order valence-corrected chi connectivity index (χ3v) is 5.85. The fourth-order valence-corrected chi connectivity index (χ4v) is 3.98. The Hall–Kier alpha value is -5.38. The topological polar surface area (TPSA) is 154 Å². The molecule has 2 heterocycles. The van der Waals surface area contributed by atoms with E-state index in [1.165, 1.54) is 12.1 Å². The summed E-state index contributed by atoms with van der Waals surface area (Å²) in [4.78, 5) is 44.4. The molecule has 2 aromatic heterocycles. The van der Waals surface area contributed by atoms with Crippen molar-refractivity contribution in [2.24, 2.45) is 4.99 Å². The van der Waals surface area contributed by atoms with Crippen LogP contribution in [0.3, 0.4) is 0 Å². The number of nitrogens with zero attached hydrogens (tertiary/aromatic N) is 1. The summed E-state index contributed by atoms with van der Waals surface area (Å²) in [6, 6.07) is 18.9. The second kappa shape index (κ2) is 12.4. The van der Waals surface area contributed by atoms with Crippen molar-refractivity contribution in [1.82, 2.24) is 9.97 Å². The molecule has 10 nitrogen and oxygen atoms in total. The second-order valence-corrected chi connectivity index (χ2v) is 8.44. The first kappa shape index (κ1) is 27.6. The minimum atomic E-state index is -0.486. The Morgan fingerprint density at radius 3 is 1.77 bits per heavy atom. The lowest BCUT2D eigenvalue weighted by atomic mass is 10.1. The van der Waals surface area contributed by atoms with Gasteiger partial charge in [0.05, 0.1) is 24.5 Å². The van der Waals surface area contributed by atoms with Crippen LogP contribution in [-0.2, 0) is 9.47 Å². The molecule has 40 heavy (non-hydrogen) atoms. The van der Waals surface area contributed by atoms with E-state index in [9.17, 15) is 24.6 Å². The Bertz CT molecular complexity index is 1700. The number of esters is 2. The maximum atomic E-state index is 11.8. The van der Waals surface area contributed by atoms with Crippen LogP contribution in [0, 0.1) is 0 Å². The van der Waals surface area contributed by atoms with Crippen LogP contribution in [0.2, 0.25) is 0 Å². The minimum absolute atomic E-state index is 0.103. The van der Waals surface area contributed by atoms with Crippen LogP contribution in [0.4, 0.5) is 5.69 Å². The quantitative estimate of drug-likeness (QED) is 0.118. The van der Waals surface area contributed by atoms with Crippen molar-refractivity contribution in [3.05, 3.63) is 89.2 Å². The molecular weight excluding hydrogens is 514 g/mol. The molecule has 0 amide bonds. The molecule has 204 valence electrons. The number of hydrogen-bond donors (Lipinski definition) is 4. The smallest absolute Gasteiger partial charge is 0.354 e. The summed E-state index contributed by atoms with van der Waals surface area (Å²) >= 11 is 0. The van der Waals surface area contributed by atoms with Crippen molar-refractivity contribution in [2.75, 3.05) is 13.2 Å². The highest BCUT2D eigenvalue weighted by Gasteiger charge is 2.15. The van der Waals surface area contributed by atoms with Crippen LogP contribution in [0.5, 0.6) is 11.5 Å². The van der Waals surface area contributed by atoms with Gasteiger partial charge in [0, 0.05) is 33.6 Å². The Balaban J connectivity index is 0.000000194. The first-order valence-electron chi connectivity index (χ1n) is 12.4. The molecule has 4 N–H and O–H groups in total. The SMILES string of the molecule is CCOC(=O)c1cc2c(C=Nc3ccccc3)c(O)ccc2[nH]1.CCOC(=O)c1cc2c(C=O)c(O)ccc2[nH]1. The van der Waals surface area contributed by atoms with Crippen LogP contribution in [0.15, 0.2) is 71.7 Å². The molecule has 0 radical (unpaired) electrons. The molecule has 0 aliphatic heterocycles. The normalized spacial score (nSPS) is 10.8. The first-order chi connectivity index (χ1) is 19.4. The molecule has 0 spiro atoms. The number of rotatable bonds is 7. The van der Waals surface area contributed by atoms with Crippen LogP contribution >= 0.6 is 0 Å². The van der Waals surface area contributed by atoms with Gasteiger partial charge in [-0.05, 0) is 62.4 Å². The molecule has 0 unspecified atom stereocenters. The number of phenolic OH excluding ortho intramolecular Hbond substituents is 2. The summed E-state index contributed by atoms with van der Waals surface area (Å²) in [7, 11) is 0. The highest BCUT2D eigenvalue weighted by Crippen LogP contribution is 2.28. The number of aldehydes is 1. The van der Waals surface area contributed by atoms with Gasteiger partial charge in [-0.2, -0.15) is 0 Å². The molecule has 5 aromatic rings. The van der Waals surface area contributed by atoms with Gasteiger partial charge in [0.1, 0.15) is 22.9 Å². The number of benzene rings is 3. The number of para-hydroxylation sites is 1. The van der Waals surface area contributed by atoms with E-state index in [2.05, 4.69) is 15.0 Å². The Morgan fingerprint density at radius 1 is 0.775 bits per heavy atom. The molecule has 0 aliphatic carbocycles. The third-order valence-electron chi connectivity index (χ3n) is 5.85. The van der Waals surface area contributed by atoms with Crippen LogP contribution < -0.4 is 0 Å². The average molecular weight is 542 g/mol. The van der Waals surface area contributed by atoms with Crippen LogP contribution in [-0.4, -0.2) is 57.8 Å². The molecule has 3 aromatic carbocycles. The second-order valence-electron chi connectivity index (χ2n) is 8.44. The standard InChI is InChI=1S/C18H16N2O3.C12H11NO4/c1-2-23-18(22)16-10-13-14(17(21)9-8-15(13)20-16)11-19-12-6-4-3-5-7-12;1-2-17-12(16)10-5-7-8(6-14)11(15)4-3-9(7)13-10/h3-11,20-21H,2H2,1H3;3-6,13,15H,2H2,1H3. The monoisotopic (exact) mass is 541 g/mol. The third kappa shape index (κ3) is 6.02. The Kier molecular flexibility index (Phi) is 8.60. The fraction of sp³-hybridized carbons (Fsp3) is 0.133. The number of ether oxygens (including phenoxy) is 2. The van der Waals surface area contributed by atoms with Crippen molar-refractivity contribution < 1.29 is 34.1 Å². The summed E-state index contributed by atoms with van der Waals surface area (Å²) in [6.45, 7) is 4.05. The largest absolute Gasteiger partial charge is 0.507 e. The lowest BCUT2D eigenvalue weighted by molar-refractivity contribution is 0.0511. The number of aliphatic imine (C=N–C) groups is 1. The first-order valence-corrected chi connectivity index (χ1v) is 12.4. The number of H-pyrrole nitrogens is 2. The number of aromatic amines is 2. The van der Waals surface area contributed by atoms with Crippen molar-refractivity contribution in [3.63, 3.8) is 0 Å². The van der Waals surface area contributed by atoms with E-state index in [0.29, 0.717) is 40.4 Å². The highest BCUT2D eigenvalue weighted by molar-refractivity contribution is 6.05. The van der Waals surface area contributed by atoms with Crippen molar-refractivity contribution in [2.45, 2.75) is 13.8 Å². The van der Waals surface area contributed by atoms with E-state index in [1.807, 2.05) is 30.3 Å². The number of carbonyl (C=O) groups excluding carboxylic acids is 3. The van der Waals surface area contributed by atoms with Gasteiger partial charge in [0.15, 0.2) is 6.29 Å². The summed E-state index contributed by atoms with van der Waals surface area (Å²) < 4.78 is 9.83. The number of phenols is 2. The molecule has 0 aliphatic rings. The number of aromatic hydroxyl groups is 2. The van der Waals surface area contributed by atoms with E-state index in [-0.39, 0.29) is 29.4 Å². The van der Waals surface area contributed by atoms with Crippen molar-refractivity contribution in [1.29, 1.82) is 0 Å². The minimum Gasteiger partial charge on any atom is -0.507 e. The number of aromatic nitrogens is 2. The zero-order valence-corrected chi connectivity index (χ0v) is 21.8. The summed E-state index contributed by atoms with van der Waals surface area (Å²) in [5, 5.41) is 20.8. The van der Waals surface area contributed by atoms with E-state index in [0.717, 1.165) is 11.2 Å². The zero-order chi connectivity index (χ0) is 28.6. The molecule has 10 heteroatoms. The van der Waals surface area contributed by atoms with Gasteiger partial charge in [-0.1, -0.05) is 18.2 Å². The summed E-state index contributed by atoms with van der Waals surface area (Å²) in [6.07, 6.45) is 2.15.